The van der Waals surface area contributed by atoms with Crippen molar-refractivity contribution in [2.75, 3.05) is 123 Å². The fourth-order valence-corrected chi connectivity index (χ4v) is 7.49. The van der Waals surface area contributed by atoms with Crippen LogP contribution in [0.1, 0.15) is 46.4 Å². The SMILES string of the molecule is COc1ccc(C(=O)N(CCCN(C)C)CCCN(C)C)c(SSc2cc(OC)ccc2C(=O)N(CCCN(C)C)CCCN(C)C)c1. The predicted molar refractivity (Wildman–Crippen MR) is 202 cm³/mol. The zero-order chi connectivity index (χ0) is 35.6. The van der Waals surface area contributed by atoms with Crippen molar-refractivity contribution >= 4 is 33.4 Å². The van der Waals surface area contributed by atoms with Gasteiger partial charge in [0.05, 0.1) is 25.3 Å². The fourth-order valence-electron chi connectivity index (χ4n) is 5.12. The second-order valence-corrected chi connectivity index (χ2v) is 15.3. The molecule has 0 aliphatic carbocycles. The van der Waals surface area contributed by atoms with Crippen LogP contribution in [0.2, 0.25) is 0 Å². The zero-order valence-corrected chi connectivity index (χ0v) is 32.7. The van der Waals surface area contributed by atoms with Crippen molar-refractivity contribution in [2.24, 2.45) is 0 Å². The molecule has 0 spiro atoms. The van der Waals surface area contributed by atoms with Crippen LogP contribution in [0.25, 0.3) is 0 Å². The maximum absolute atomic E-state index is 14.1. The van der Waals surface area contributed by atoms with Gasteiger partial charge in [0.15, 0.2) is 0 Å². The zero-order valence-electron chi connectivity index (χ0n) is 31.1. The lowest BCUT2D eigenvalue weighted by Crippen LogP contribution is -2.35. The van der Waals surface area contributed by atoms with Gasteiger partial charge in [-0.3, -0.25) is 9.59 Å². The number of amides is 2. The molecule has 0 radical (unpaired) electrons. The second-order valence-electron chi connectivity index (χ2n) is 13.1. The lowest BCUT2D eigenvalue weighted by atomic mass is 10.1. The van der Waals surface area contributed by atoms with Crippen LogP contribution in [-0.4, -0.2) is 164 Å². The van der Waals surface area contributed by atoms with Crippen LogP contribution in [0, 0.1) is 0 Å². The molecular weight excluding hydrogens is 645 g/mol. The van der Waals surface area contributed by atoms with Gasteiger partial charge in [-0.25, -0.2) is 0 Å². The van der Waals surface area contributed by atoms with E-state index in [4.69, 9.17) is 9.47 Å². The molecule has 0 aromatic heterocycles. The Morgan fingerprint density at radius 2 is 0.792 bits per heavy atom. The number of benzene rings is 2. The first kappa shape index (κ1) is 41.7. The normalized spacial score (nSPS) is 11.5. The monoisotopic (exact) mass is 704 g/mol. The highest BCUT2D eigenvalue weighted by molar-refractivity contribution is 8.76. The Labute approximate surface area is 298 Å². The van der Waals surface area contributed by atoms with E-state index in [2.05, 4.69) is 76.0 Å². The van der Waals surface area contributed by atoms with Crippen LogP contribution in [0.3, 0.4) is 0 Å². The van der Waals surface area contributed by atoms with Crippen LogP contribution >= 0.6 is 21.6 Å². The molecule has 0 heterocycles. The highest BCUT2D eigenvalue weighted by atomic mass is 33.1. The summed E-state index contributed by atoms with van der Waals surface area (Å²) >= 11 is 0. The summed E-state index contributed by atoms with van der Waals surface area (Å²) in [6, 6.07) is 11.3. The first-order chi connectivity index (χ1) is 22.9. The molecule has 10 nitrogen and oxygen atoms in total. The molecule has 0 bridgehead atoms. The summed E-state index contributed by atoms with van der Waals surface area (Å²) in [5.74, 6) is 1.37. The van der Waals surface area contributed by atoms with Crippen molar-refractivity contribution < 1.29 is 19.1 Å². The third-order valence-corrected chi connectivity index (χ3v) is 10.2. The minimum atomic E-state index is 0.00756. The summed E-state index contributed by atoms with van der Waals surface area (Å²) < 4.78 is 11.2. The Kier molecular flexibility index (Phi) is 19.4. The van der Waals surface area contributed by atoms with E-state index in [9.17, 15) is 9.59 Å². The van der Waals surface area contributed by atoms with E-state index in [-0.39, 0.29) is 11.8 Å². The van der Waals surface area contributed by atoms with E-state index < -0.39 is 0 Å². The van der Waals surface area contributed by atoms with Crippen LogP contribution in [0.4, 0.5) is 0 Å². The first-order valence-corrected chi connectivity index (χ1v) is 18.9. The molecular formula is C36H60N6O4S2. The van der Waals surface area contributed by atoms with Gasteiger partial charge in [-0.2, -0.15) is 0 Å². The molecule has 2 amide bonds. The molecule has 0 saturated carbocycles. The molecule has 2 aromatic rings. The minimum absolute atomic E-state index is 0.00756. The maximum Gasteiger partial charge on any atom is 0.255 e. The number of ether oxygens (including phenoxy) is 2. The molecule has 0 fully saturated rings. The van der Waals surface area contributed by atoms with Crippen LogP contribution in [0.5, 0.6) is 11.5 Å². The van der Waals surface area contributed by atoms with Crippen molar-refractivity contribution in [2.45, 2.75) is 35.5 Å². The Hall–Kier alpha value is -2.48. The number of hydrogen-bond donors (Lipinski definition) is 0. The number of methoxy groups -OCH3 is 2. The third-order valence-electron chi connectivity index (χ3n) is 7.77. The van der Waals surface area contributed by atoms with E-state index in [1.54, 1.807) is 14.2 Å². The topological polar surface area (TPSA) is 72.0 Å². The number of rotatable bonds is 23. The largest absolute Gasteiger partial charge is 0.497 e. The van der Waals surface area contributed by atoms with Gasteiger partial charge < -0.3 is 38.9 Å². The van der Waals surface area contributed by atoms with Crippen molar-refractivity contribution in [1.82, 2.24) is 29.4 Å². The van der Waals surface area contributed by atoms with Gasteiger partial charge >= 0.3 is 0 Å². The standard InChI is InChI=1S/C36H60N6O4S2/c1-37(2)19-11-23-41(24-12-20-38(3)4)35(43)31-17-15-29(45-9)27-33(31)47-48-34-28-30(46-10)16-18-32(34)36(44)42(25-13-21-39(5)6)26-14-22-40(7)8/h15-18,27-28H,11-14,19-26H2,1-10H3. The van der Waals surface area contributed by atoms with Crippen LogP contribution in [0.15, 0.2) is 46.2 Å². The molecule has 0 unspecified atom stereocenters. The first-order valence-electron chi connectivity index (χ1n) is 16.7. The van der Waals surface area contributed by atoms with E-state index in [1.807, 2.05) is 46.2 Å². The van der Waals surface area contributed by atoms with Gasteiger partial charge in [0.2, 0.25) is 0 Å². The van der Waals surface area contributed by atoms with Crippen LogP contribution in [-0.2, 0) is 0 Å². The number of carbonyl (C=O) groups excluding carboxylic acids is 2. The number of carbonyl (C=O) groups is 2. The molecule has 0 atom stereocenters. The molecule has 0 aliphatic heterocycles. The summed E-state index contributed by atoms with van der Waals surface area (Å²) in [6.07, 6.45) is 3.57. The smallest absolute Gasteiger partial charge is 0.255 e. The molecule has 0 saturated heterocycles. The van der Waals surface area contributed by atoms with Gasteiger partial charge in [-0.05, 0) is 145 Å². The average molecular weight is 705 g/mol. The van der Waals surface area contributed by atoms with Gasteiger partial charge in [-0.1, -0.05) is 21.6 Å². The minimum Gasteiger partial charge on any atom is -0.497 e. The summed E-state index contributed by atoms with van der Waals surface area (Å²) in [5, 5.41) is 0. The lowest BCUT2D eigenvalue weighted by Gasteiger charge is -2.26. The lowest BCUT2D eigenvalue weighted by molar-refractivity contribution is 0.0734. The highest BCUT2D eigenvalue weighted by Crippen LogP contribution is 2.43. The second kappa shape index (κ2) is 22.3. The average Bonchev–Trinajstić information content (AvgIpc) is 3.04. The van der Waals surface area contributed by atoms with E-state index in [1.165, 1.54) is 21.6 Å². The van der Waals surface area contributed by atoms with Crippen molar-refractivity contribution in [3.05, 3.63) is 47.5 Å². The van der Waals surface area contributed by atoms with E-state index >= 15 is 0 Å². The summed E-state index contributed by atoms with van der Waals surface area (Å²) in [4.78, 5) is 42.4. The van der Waals surface area contributed by atoms with Crippen LogP contribution < -0.4 is 9.47 Å². The third kappa shape index (κ3) is 15.0. The van der Waals surface area contributed by atoms with Crippen molar-refractivity contribution in [1.29, 1.82) is 0 Å². The number of nitrogens with zero attached hydrogens (tertiary/aromatic N) is 6. The van der Waals surface area contributed by atoms with Gasteiger partial charge in [0.1, 0.15) is 11.5 Å². The van der Waals surface area contributed by atoms with Crippen molar-refractivity contribution in [3.63, 3.8) is 0 Å². The van der Waals surface area contributed by atoms with E-state index in [0.29, 0.717) is 48.8 Å². The van der Waals surface area contributed by atoms with Gasteiger partial charge in [-0.15, -0.1) is 0 Å². The molecule has 270 valence electrons. The molecule has 2 aromatic carbocycles. The molecule has 48 heavy (non-hydrogen) atoms. The summed E-state index contributed by atoms with van der Waals surface area (Å²) in [5.41, 5.74) is 1.26. The van der Waals surface area contributed by atoms with Crippen molar-refractivity contribution in [3.8, 4) is 11.5 Å². The van der Waals surface area contributed by atoms with E-state index in [0.717, 1.165) is 61.7 Å². The highest BCUT2D eigenvalue weighted by Gasteiger charge is 2.23. The summed E-state index contributed by atoms with van der Waals surface area (Å²) in [6.45, 7) is 6.35. The Morgan fingerprint density at radius 1 is 0.500 bits per heavy atom. The molecule has 0 aliphatic rings. The Balaban J connectivity index is 2.41. The molecule has 2 rings (SSSR count). The fraction of sp³-hybridized carbons (Fsp3) is 0.611. The number of hydrogen-bond acceptors (Lipinski definition) is 10. The Bertz CT molecular complexity index is 1140. The summed E-state index contributed by atoms with van der Waals surface area (Å²) in [7, 11) is 22.6. The Morgan fingerprint density at radius 3 is 1.04 bits per heavy atom. The molecule has 0 N–H and O–H groups in total. The molecule has 12 heteroatoms. The predicted octanol–water partition coefficient (Wildman–Crippen LogP) is 5.19. The quantitative estimate of drug-likeness (QED) is 0.144. The van der Waals surface area contributed by atoms with Gasteiger partial charge in [0.25, 0.3) is 11.8 Å². The van der Waals surface area contributed by atoms with Gasteiger partial charge in [0, 0.05) is 36.0 Å². The maximum atomic E-state index is 14.1.